The van der Waals surface area contributed by atoms with Crippen LogP contribution in [0.25, 0.3) is 27.6 Å². The van der Waals surface area contributed by atoms with Gasteiger partial charge < -0.3 is 5.32 Å². The van der Waals surface area contributed by atoms with Gasteiger partial charge in [-0.25, -0.2) is 0 Å². The summed E-state index contributed by atoms with van der Waals surface area (Å²) < 4.78 is 0. The zero-order valence-electron chi connectivity index (χ0n) is 19.0. The van der Waals surface area contributed by atoms with Gasteiger partial charge in [-0.05, 0) is 51.2 Å². The maximum Gasteiger partial charge on any atom is 0.145 e. The van der Waals surface area contributed by atoms with Gasteiger partial charge in [0, 0.05) is 16.3 Å². The molecule has 0 bridgehead atoms. The average Bonchev–Trinajstić information content (AvgIpc) is 2.94. The topological polar surface area (TPSA) is 24.4 Å². The zero-order valence-corrected chi connectivity index (χ0v) is 19.8. The maximum atomic E-state index is 6.15. The Morgan fingerprint density at radius 2 is 1.17 bits per heavy atom. The Morgan fingerprint density at radius 1 is 0.571 bits per heavy atom. The number of nitrogens with one attached hydrogen (secondary N) is 1. The molecule has 35 heavy (non-hydrogen) atoms. The lowest BCUT2D eigenvalue weighted by atomic mass is 9.92. The Labute approximate surface area is 210 Å². The van der Waals surface area contributed by atoms with E-state index in [9.17, 15) is 0 Å². The third-order valence-electron chi connectivity index (χ3n) is 6.40. The monoisotopic (exact) mass is 470 g/mol. The largest absolute Gasteiger partial charge is 0.359 e. The molecule has 3 heteroatoms. The second kappa shape index (κ2) is 9.25. The smallest absolute Gasteiger partial charge is 0.145 e. The first-order chi connectivity index (χ1) is 17.3. The van der Waals surface area contributed by atoms with Gasteiger partial charge >= 0.3 is 0 Å². The molecule has 0 amide bonds. The van der Waals surface area contributed by atoms with Crippen molar-refractivity contribution in [2.24, 2.45) is 4.99 Å². The molecule has 6 rings (SSSR count). The van der Waals surface area contributed by atoms with E-state index in [-0.39, 0.29) is 6.17 Å². The third kappa shape index (κ3) is 4.25. The molecule has 5 aromatic rings. The number of allylic oxidation sites excluding steroid dienone is 1. The molecule has 1 N–H and O–H groups in total. The first-order valence-electron chi connectivity index (χ1n) is 11.7. The molecule has 1 aliphatic heterocycles. The molecule has 0 aromatic heterocycles. The Morgan fingerprint density at radius 3 is 1.89 bits per heavy atom. The van der Waals surface area contributed by atoms with Crippen molar-refractivity contribution in [1.29, 1.82) is 0 Å². The number of hydrogen-bond acceptors (Lipinski definition) is 2. The Bertz CT molecular complexity index is 1550. The van der Waals surface area contributed by atoms with Crippen molar-refractivity contribution in [2.45, 2.75) is 6.17 Å². The molecular weight excluding hydrogens is 448 g/mol. The van der Waals surface area contributed by atoms with E-state index in [1.807, 2.05) is 24.3 Å². The van der Waals surface area contributed by atoms with Gasteiger partial charge in [0.25, 0.3) is 0 Å². The number of hydrogen-bond donors (Lipinski definition) is 1. The molecule has 0 saturated heterocycles. The Hall–Kier alpha value is -4.14. The van der Waals surface area contributed by atoms with Crippen molar-refractivity contribution in [2.75, 3.05) is 0 Å². The van der Waals surface area contributed by atoms with E-state index in [0.717, 1.165) is 38.7 Å². The number of rotatable bonds is 4. The minimum Gasteiger partial charge on any atom is -0.359 e. The van der Waals surface area contributed by atoms with Crippen molar-refractivity contribution >= 4 is 33.8 Å². The average molecular weight is 471 g/mol. The van der Waals surface area contributed by atoms with Crippen LogP contribution in [-0.4, -0.2) is 5.71 Å². The van der Waals surface area contributed by atoms with Gasteiger partial charge in [-0.2, -0.15) is 0 Å². The molecular formula is C32H23ClN2. The summed E-state index contributed by atoms with van der Waals surface area (Å²) in [5.41, 5.74) is 7.77. The summed E-state index contributed by atoms with van der Waals surface area (Å²) in [6.07, 6.45) is 2.00. The highest BCUT2D eigenvalue weighted by Crippen LogP contribution is 2.35. The zero-order chi connectivity index (χ0) is 23.6. The van der Waals surface area contributed by atoms with Crippen molar-refractivity contribution in [1.82, 2.24) is 5.32 Å². The normalized spacial score (nSPS) is 15.3. The van der Waals surface area contributed by atoms with Crippen LogP contribution < -0.4 is 5.32 Å². The van der Waals surface area contributed by atoms with E-state index in [0.29, 0.717) is 0 Å². The summed E-state index contributed by atoms with van der Waals surface area (Å²) in [5.74, 6) is 0. The fraction of sp³-hybridized carbons (Fsp3) is 0.0312. The van der Waals surface area contributed by atoms with Crippen molar-refractivity contribution < 1.29 is 0 Å². The lowest BCUT2D eigenvalue weighted by Crippen LogP contribution is -2.25. The third-order valence-corrected chi connectivity index (χ3v) is 6.65. The van der Waals surface area contributed by atoms with Crippen molar-refractivity contribution in [3.8, 4) is 11.1 Å². The lowest BCUT2D eigenvalue weighted by Gasteiger charge is -2.26. The van der Waals surface area contributed by atoms with Gasteiger partial charge in [-0.3, -0.25) is 4.99 Å². The molecule has 1 atom stereocenters. The molecule has 0 aliphatic carbocycles. The molecule has 0 spiro atoms. The van der Waals surface area contributed by atoms with E-state index in [1.54, 1.807) is 0 Å². The van der Waals surface area contributed by atoms with Crippen molar-refractivity contribution in [3.05, 3.63) is 149 Å². The van der Waals surface area contributed by atoms with Gasteiger partial charge in [0.15, 0.2) is 0 Å². The predicted molar refractivity (Wildman–Crippen MR) is 148 cm³/mol. The van der Waals surface area contributed by atoms with Crippen LogP contribution in [0.4, 0.5) is 0 Å². The fourth-order valence-corrected chi connectivity index (χ4v) is 4.79. The van der Waals surface area contributed by atoms with Crippen LogP contribution in [-0.2, 0) is 0 Å². The first-order valence-corrected chi connectivity index (χ1v) is 12.1. The quantitative estimate of drug-likeness (QED) is 0.280. The Balaban J connectivity index is 1.50. The van der Waals surface area contributed by atoms with Crippen LogP contribution in [0.15, 0.2) is 132 Å². The Kier molecular flexibility index (Phi) is 5.65. The van der Waals surface area contributed by atoms with Gasteiger partial charge in [0.2, 0.25) is 0 Å². The second-order valence-electron chi connectivity index (χ2n) is 8.61. The van der Waals surface area contributed by atoms with Crippen LogP contribution in [0, 0.1) is 0 Å². The van der Waals surface area contributed by atoms with Gasteiger partial charge in [-0.1, -0.05) is 121 Å². The lowest BCUT2D eigenvalue weighted by molar-refractivity contribution is 0.664. The summed E-state index contributed by atoms with van der Waals surface area (Å²) in [5, 5.41) is 6.84. The standard InChI is InChI=1S/C32H23ClN2/c33-25-17-15-22(16-18-25)26-19-20-29(28-14-8-7-13-27(26)28)31-21-30(23-9-3-1-4-10-23)34-32(35-31)24-11-5-2-6-12-24/h1-21,32,35H. The molecule has 1 unspecified atom stereocenters. The number of nitrogens with zero attached hydrogens (tertiary/aromatic N) is 1. The summed E-state index contributed by atoms with van der Waals surface area (Å²) in [6, 6.07) is 41.8. The highest BCUT2D eigenvalue weighted by Gasteiger charge is 2.21. The van der Waals surface area contributed by atoms with Crippen molar-refractivity contribution in [3.63, 3.8) is 0 Å². The molecule has 1 heterocycles. The van der Waals surface area contributed by atoms with Crippen LogP contribution in [0.5, 0.6) is 0 Å². The molecule has 168 valence electrons. The number of fused-ring (bicyclic) bond motifs is 1. The highest BCUT2D eigenvalue weighted by molar-refractivity contribution is 6.30. The van der Waals surface area contributed by atoms with Crippen LogP contribution in [0.2, 0.25) is 5.02 Å². The van der Waals surface area contributed by atoms with Gasteiger partial charge in [0.05, 0.1) is 5.71 Å². The van der Waals surface area contributed by atoms with E-state index in [2.05, 4.69) is 108 Å². The number of aliphatic imine (C=N–C) groups is 1. The van der Waals surface area contributed by atoms with E-state index >= 15 is 0 Å². The van der Waals surface area contributed by atoms with E-state index < -0.39 is 0 Å². The molecule has 1 aliphatic rings. The summed E-state index contributed by atoms with van der Waals surface area (Å²) in [6.45, 7) is 0. The first kappa shape index (κ1) is 21.4. The molecule has 2 nitrogen and oxygen atoms in total. The maximum absolute atomic E-state index is 6.15. The van der Waals surface area contributed by atoms with Crippen LogP contribution in [0.1, 0.15) is 22.9 Å². The number of benzene rings is 5. The fourth-order valence-electron chi connectivity index (χ4n) is 4.66. The summed E-state index contributed by atoms with van der Waals surface area (Å²) in [4.78, 5) is 5.07. The molecule has 0 fully saturated rings. The summed E-state index contributed by atoms with van der Waals surface area (Å²) >= 11 is 6.15. The van der Waals surface area contributed by atoms with E-state index in [4.69, 9.17) is 16.6 Å². The minimum absolute atomic E-state index is 0.166. The van der Waals surface area contributed by atoms with Crippen LogP contribution in [0.3, 0.4) is 0 Å². The summed E-state index contributed by atoms with van der Waals surface area (Å²) in [7, 11) is 0. The predicted octanol–water partition coefficient (Wildman–Crippen LogP) is 8.29. The van der Waals surface area contributed by atoms with Gasteiger partial charge in [-0.15, -0.1) is 0 Å². The van der Waals surface area contributed by atoms with Gasteiger partial charge in [0.1, 0.15) is 6.17 Å². The highest BCUT2D eigenvalue weighted by atomic mass is 35.5. The SMILES string of the molecule is Clc1ccc(-c2ccc(C3=CC(c4ccccc4)=NC(c4ccccc4)N3)c3ccccc23)cc1. The van der Waals surface area contributed by atoms with Crippen LogP contribution >= 0.6 is 11.6 Å². The second-order valence-corrected chi connectivity index (χ2v) is 9.05. The van der Waals surface area contributed by atoms with E-state index in [1.165, 1.54) is 16.3 Å². The molecule has 0 saturated carbocycles. The minimum atomic E-state index is -0.166. The molecule has 5 aromatic carbocycles. The molecule has 0 radical (unpaired) electrons. The number of halogens is 1.